The number of aliphatic hydroxyl groups excluding tert-OH is 1. The van der Waals surface area contributed by atoms with Crippen LogP contribution in [-0.4, -0.2) is 35.9 Å². The van der Waals surface area contributed by atoms with Gasteiger partial charge in [0.1, 0.15) is 11.2 Å². The lowest BCUT2D eigenvalue weighted by molar-refractivity contribution is -0.182. The first-order chi connectivity index (χ1) is 11.4. The Bertz CT molecular complexity index is 652. The van der Waals surface area contributed by atoms with Gasteiger partial charge in [0.15, 0.2) is 5.78 Å². The van der Waals surface area contributed by atoms with Crippen molar-refractivity contribution >= 4 is 17.5 Å². The van der Waals surface area contributed by atoms with Gasteiger partial charge in [-0.2, -0.15) is 0 Å². The fourth-order valence-electron chi connectivity index (χ4n) is 6.32. The molecule has 0 aliphatic heterocycles. The fraction of sp³-hybridized carbons (Fsp3) is 0.737. The quantitative estimate of drug-likeness (QED) is 0.446. The van der Waals surface area contributed by atoms with Crippen molar-refractivity contribution in [1.82, 2.24) is 0 Å². The van der Waals surface area contributed by atoms with Gasteiger partial charge < -0.3 is 9.84 Å². The molecule has 5 nitrogen and oxygen atoms in total. The summed E-state index contributed by atoms with van der Waals surface area (Å²) in [4.78, 5) is 39.8. The molecule has 9 atom stereocenters. The molecule has 3 saturated carbocycles. The minimum Gasteiger partial charge on any atom is -0.468 e. The third kappa shape index (κ3) is 1.62. The number of fused-ring (bicyclic) bond motifs is 6. The van der Waals surface area contributed by atoms with E-state index in [2.05, 4.69) is 0 Å². The van der Waals surface area contributed by atoms with E-state index >= 15 is 0 Å². The summed E-state index contributed by atoms with van der Waals surface area (Å²) >= 11 is 0. The van der Waals surface area contributed by atoms with E-state index in [1.54, 1.807) is 0 Å². The second-order valence-electron chi connectivity index (χ2n) is 8.15. The highest BCUT2D eigenvalue weighted by molar-refractivity contribution is 6.14. The molecule has 0 saturated heterocycles. The second kappa shape index (κ2) is 5.01. The topological polar surface area (TPSA) is 80.7 Å². The fourth-order valence-corrected chi connectivity index (χ4v) is 6.32. The van der Waals surface area contributed by atoms with Crippen LogP contribution < -0.4 is 0 Å². The lowest BCUT2D eigenvalue weighted by Crippen LogP contribution is -2.65. The number of carbonyl (C=O) groups excluding carboxylic acids is 3. The highest BCUT2D eigenvalue weighted by atomic mass is 16.5. The molecule has 0 heterocycles. The van der Waals surface area contributed by atoms with Gasteiger partial charge in [-0.3, -0.25) is 14.4 Å². The molecule has 3 fully saturated rings. The Hall–Kier alpha value is -1.49. The van der Waals surface area contributed by atoms with Crippen molar-refractivity contribution in [2.24, 2.45) is 46.8 Å². The van der Waals surface area contributed by atoms with Crippen molar-refractivity contribution in [3.63, 3.8) is 0 Å². The molecule has 1 N–H and O–H groups in total. The molecule has 0 radical (unpaired) electrons. The van der Waals surface area contributed by atoms with E-state index in [0.717, 1.165) is 0 Å². The van der Waals surface area contributed by atoms with Crippen LogP contribution in [0.1, 0.15) is 26.7 Å². The maximum atomic E-state index is 13.6. The molecule has 5 heteroatoms. The summed E-state index contributed by atoms with van der Waals surface area (Å²) in [5, 5.41) is 10.3. The first-order valence-corrected chi connectivity index (χ1v) is 8.88. The number of esters is 1. The molecule has 0 amide bonds. The highest BCUT2D eigenvalue weighted by Gasteiger charge is 2.72. The molecule has 4 aliphatic carbocycles. The van der Waals surface area contributed by atoms with Crippen molar-refractivity contribution in [3.05, 3.63) is 12.2 Å². The molecule has 4 rings (SSSR count). The Morgan fingerprint density at radius 2 is 1.92 bits per heavy atom. The summed E-state index contributed by atoms with van der Waals surface area (Å²) in [6.07, 6.45) is 4.60. The van der Waals surface area contributed by atoms with Gasteiger partial charge in [-0.1, -0.05) is 26.0 Å². The minimum atomic E-state index is -1.43. The van der Waals surface area contributed by atoms with Crippen LogP contribution in [0.4, 0.5) is 0 Å². The van der Waals surface area contributed by atoms with Crippen molar-refractivity contribution in [2.45, 2.75) is 32.8 Å². The molecular weight excluding hydrogens is 308 g/mol. The molecule has 0 aromatic carbocycles. The summed E-state index contributed by atoms with van der Waals surface area (Å²) in [6.45, 7) is 3.72. The van der Waals surface area contributed by atoms with E-state index in [0.29, 0.717) is 12.8 Å². The number of hydrogen-bond donors (Lipinski definition) is 1. The Labute approximate surface area is 141 Å². The average molecular weight is 332 g/mol. The van der Waals surface area contributed by atoms with Crippen molar-refractivity contribution in [3.8, 4) is 0 Å². The lowest BCUT2D eigenvalue weighted by atomic mass is 9.47. The molecule has 4 aliphatic rings. The number of rotatable bonds is 1. The van der Waals surface area contributed by atoms with Crippen molar-refractivity contribution in [2.75, 3.05) is 7.11 Å². The zero-order valence-electron chi connectivity index (χ0n) is 14.3. The lowest BCUT2D eigenvalue weighted by Gasteiger charge is -2.52. The number of ether oxygens (including phenoxy) is 1. The number of aliphatic hydroxyl groups is 1. The van der Waals surface area contributed by atoms with Crippen molar-refractivity contribution in [1.29, 1.82) is 0 Å². The predicted molar refractivity (Wildman–Crippen MR) is 84.6 cm³/mol. The van der Waals surface area contributed by atoms with E-state index in [1.165, 1.54) is 7.11 Å². The molecule has 130 valence electrons. The smallest absolute Gasteiger partial charge is 0.320 e. The Morgan fingerprint density at radius 3 is 2.58 bits per heavy atom. The zero-order valence-corrected chi connectivity index (χ0v) is 14.3. The van der Waals surface area contributed by atoms with Crippen LogP contribution in [0, 0.1) is 46.8 Å². The predicted octanol–water partition coefficient (Wildman–Crippen LogP) is 1.39. The second-order valence-corrected chi connectivity index (χ2v) is 8.15. The van der Waals surface area contributed by atoms with E-state index in [4.69, 9.17) is 4.74 Å². The summed E-state index contributed by atoms with van der Waals surface area (Å²) in [7, 11) is 1.28. The molecule has 0 aromatic rings. The number of carbonyl (C=O) groups is 3. The molecule has 0 spiro atoms. The minimum absolute atomic E-state index is 0.0353. The molecule has 24 heavy (non-hydrogen) atoms. The molecular formula is C19H24O5. The van der Waals surface area contributed by atoms with Gasteiger partial charge in [0.25, 0.3) is 0 Å². The number of Topliss-reactive ketones (excluding diaryl/α,β-unsaturated/α-hetero) is 2. The van der Waals surface area contributed by atoms with Gasteiger partial charge in [0, 0.05) is 17.8 Å². The Kier molecular flexibility index (Phi) is 3.34. The molecule has 0 aromatic heterocycles. The number of allylic oxidation sites excluding steroid dienone is 2. The maximum Gasteiger partial charge on any atom is 0.320 e. The Balaban J connectivity index is 1.90. The van der Waals surface area contributed by atoms with Gasteiger partial charge in [-0.15, -0.1) is 0 Å². The average Bonchev–Trinajstić information content (AvgIpc) is 3.11. The van der Waals surface area contributed by atoms with Crippen LogP contribution in [0.25, 0.3) is 0 Å². The molecule has 2 bridgehead atoms. The number of hydrogen-bond acceptors (Lipinski definition) is 5. The van der Waals surface area contributed by atoms with Crippen molar-refractivity contribution < 1.29 is 24.2 Å². The van der Waals surface area contributed by atoms with Crippen LogP contribution in [0.2, 0.25) is 0 Å². The molecule has 4 unspecified atom stereocenters. The number of methoxy groups -OCH3 is 1. The van der Waals surface area contributed by atoms with Crippen LogP contribution in [0.3, 0.4) is 0 Å². The van der Waals surface area contributed by atoms with Gasteiger partial charge in [-0.25, -0.2) is 0 Å². The van der Waals surface area contributed by atoms with Gasteiger partial charge >= 0.3 is 5.97 Å². The highest BCUT2D eigenvalue weighted by Crippen LogP contribution is 2.63. The summed E-state index contributed by atoms with van der Waals surface area (Å²) < 4.78 is 5.03. The van der Waals surface area contributed by atoms with Crippen LogP contribution in [0.5, 0.6) is 0 Å². The first-order valence-electron chi connectivity index (χ1n) is 8.88. The van der Waals surface area contributed by atoms with Crippen LogP contribution in [-0.2, 0) is 19.1 Å². The van der Waals surface area contributed by atoms with E-state index in [-0.39, 0.29) is 41.2 Å². The van der Waals surface area contributed by atoms with Crippen LogP contribution in [0.15, 0.2) is 12.2 Å². The summed E-state index contributed by atoms with van der Waals surface area (Å²) in [5.74, 6) is -2.87. The van der Waals surface area contributed by atoms with Crippen LogP contribution >= 0.6 is 0 Å². The Morgan fingerprint density at radius 1 is 1.21 bits per heavy atom. The summed E-state index contributed by atoms with van der Waals surface area (Å²) in [5.41, 5.74) is -1.43. The van der Waals surface area contributed by atoms with Gasteiger partial charge in [0.05, 0.1) is 13.2 Å². The monoisotopic (exact) mass is 332 g/mol. The first kappa shape index (κ1) is 16.0. The number of ketones is 2. The van der Waals surface area contributed by atoms with E-state index in [9.17, 15) is 19.5 Å². The van der Waals surface area contributed by atoms with Gasteiger partial charge in [0.2, 0.25) is 0 Å². The third-order valence-corrected chi connectivity index (χ3v) is 7.28. The largest absolute Gasteiger partial charge is 0.468 e. The van der Waals surface area contributed by atoms with E-state index < -0.39 is 29.3 Å². The normalized spacial score (nSPS) is 52.2. The zero-order chi connectivity index (χ0) is 17.4. The maximum absolute atomic E-state index is 13.6. The third-order valence-electron chi connectivity index (χ3n) is 7.28. The summed E-state index contributed by atoms with van der Waals surface area (Å²) in [6, 6.07) is 0. The standard InChI is InChI=1S/C19H24O5/c1-8-4-5-9(2)19(18(23)24-3)15(8)16(21)13-10-6-11(12(20)7-10)14(13)17(19)22/h4-5,8-15,20H,6-7H2,1-3H3/t8?,9?,10-,11+,12+,13?,14?,15-,19-/m0/s1. The van der Waals surface area contributed by atoms with Gasteiger partial charge in [-0.05, 0) is 36.5 Å². The SMILES string of the molecule is COC(=O)[C@]12C(=O)C3C(C(=O)[C@@H]1C(C)C=CC2C)[C@@H]1C[C@@H](O)[C@H]3C1. The van der Waals surface area contributed by atoms with E-state index in [1.807, 2.05) is 26.0 Å².